The molecule has 2 N–H and O–H groups in total. The first-order chi connectivity index (χ1) is 19.7. The van der Waals surface area contributed by atoms with Crippen molar-refractivity contribution in [1.82, 2.24) is 0 Å². The van der Waals surface area contributed by atoms with E-state index in [1.165, 1.54) is 44.6 Å². The summed E-state index contributed by atoms with van der Waals surface area (Å²) in [4.78, 5) is 0. The number of rotatable bonds is 10. The Morgan fingerprint density at radius 3 is 1.21 bits per heavy atom. The molecule has 228 valence electrons. The van der Waals surface area contributed by atoms with Crippen LogP contribution in [0.2, 0.25) is 0 Å². The van der Waals surface area contributed by atoms with E-state index in [2.05, 4.69) is 154 Å². The minimum Gasteiger partial charge on any atom is -0.392 e. The van der Waals surface area contributed by atoms with Gasteiger partial charge in [-0.1, -0.05) is 146 Å². The first-order valence-electron chi connectivity index (χ1n) is 15.5. The van der Waals surface area contributed by atoms with Crippen LogP contribution in [0.15, 0.2) is 130 Å². The molecule has 2 atom stereocenters. The fourth-order valence-electron chi connectivity index (χ4n) is 5.64. The van der Waals surface area contributed by atoms with Crippen LogP contribution in [0.1, 0.15) is 94.9 Å². The van der Waals surface area contributed by atoms with E-state index in [1.807, 2.05) is 0 Å². The van der Waals surface area contributed by atoms with Gasteiger partial charge in [0.1, 0.15) is 0 Å². The van der Waals surface area contributed by atoms with Crippen molar-refractivity contribution in [2.45, 2.75) is 107 Å². The SMILES string of the molecule is CC(C=CC=C(C)C=CC1=C(C)CCC(O)C1(C)C)=CC=CC=C(C)C=CC=C(C)C=CC1=C(C)CCC(O)C1(C)C. The smallest absolute Gasteiger partial charge is 0.0634 e. The molecule has 2 nitrogen and oxygen atoms in total. The van der Waals surface area contributed by atoms with Crippen LogP contribution in [-0.4, -0.2) is 22.4 Å². The summed E-state index contributed by atoms with van der Waals surface area (Å²) in [5.41, 5.74) is 9.59. The molecule has 2 rings (SSSR count). The van der Waals surface area contributed by atoms with Crippen LogP contribution in [0.4, 0.5) is 0 Å². The number of aliphatic hydroxyl groups excluding tert-OH is 2. The van der Waals surface area contributed by atoms with Crippen molar-refractivity contribution in [1.29, 1.82) is 0 Å². The lowest BCUT2D eigenvalue weighted by molar-refractivity contribution is 0.0606. The molecule has 2 heteroatoms. The highest BCUT2D eigenvalue weighted by Crippen LogP contribution is 2.42. The highest BCUT2D eigenvalue weighted by Gasteiger charge is 2.35. The summed E-state index contributed by atoms with van der Waals surface area (Å²) in [6, 6.07) is 0. The third kappa shape index (κ3) is 10.4. The summed E-state index contributed by atoms with van der Waals surface area (Å²) in [6.07, 6.45) is 32.7. The normalized spacial score (nSPS) is 25.0. The maximum absolute atomic E-state index is 10.4. The van der Waals surface area contributed by atoms with E-state index in [0.717, 1.165) is 25.7 Å². The Morgan fingerprint density at radius 1 is 0.548 bits per heavy atom. The summed E-state index contributed by atoms with van der Waals surface area (Å²) >= 11 is 0. The second-order valence-electron chi connectivity index (χ2n) is 13.4. The van der Waals surface area contributed by atoms with Gasteiger partial charge < -0.3 is 10.2 Å². The zero-order valence-corrected chi connectivity index (χ0v) is 28.0. The van der Waals surface area contributed by atoms with Crippen LogP contribution < -0.4 is 0 Å². The first kappa shape index (κ1) is 35.3. The molecule has 0 fully saturated rings. The van der Waals surface area contributed by atoms with Gasteiger partial charge in [0, 0.05) is 10.8 Å². The molecule has 0 aromatic carbocycles. The summed E-state index contributed by atoms with van der Waals surface area (Å²) in [6.45, 7) is 21.3. The second kappa shape index (κ2) is 16.1. The van der Waals surface area contributed by atoms with Gasteiger partial charge in [0.15, 0.2) is 0 Å². The molecule has 2 unspecified atom stereocenters. The summed E-state index contributed by atoms with van der Waals surface area (Å²) < 4.78 is 0. The molecule has 0 aliphatic heterocycles. The van der Waals surface area contributed by atoms with Gasteiger partial charge in [-0.3, -0.25) is 0 Å². The van der Waals surface area contributed by atoms with Crippen LogP contribution >= 0.6 is 0 Å². The minimum atomic E-state index is -0.285. The van der Waals surface area contributed by atoms with Gasteiger partial charge in [0.25, 0.3) is 0 Å². The van der Waals surface area contributed by atoms with Crippen molar-refractivity contribution in [3.63, 3.8) is 0 Å². The fourth-order valence-corrected chi connectivity index (χ4v) is 5.64. The quantitative estimate of drug-likeness (QED) is 0.257. The maximum atomic E-state index is 10.4. The average Bonchev–Trinajstić information content (AvgIpc) is 2.91. The Labute approximate surface area is 257 Å². The molecule has 0 saturated carbocycles. The van der Waals surface area contributed by atoms with Crippen molar-refractivity contribution in [2.24, 2.45) is 10.8 Å². The molecule has 0 heterocycles. The lowest BCUT2D eigenvalue weighted by Crippen LogP contribution is -2.34. The van der Waals surface area contributed by atoms with Crippen molar-refractivity contribution in [2.75, 3.05) is 0 Å². The van der Waals surface area contributed by atoms with Crippen LogP contribution in [-0.2, 0) is 0 Å². The van der Waals surface area contributed by atoms with Crippen molar-refractivity contribution in [3.8, 4) is 0 Å². The Kier molecular flexibility index (Phi) is 13.5. The zero-order valence-electron chi connectivity index (χ0n) is 28.0. The zero-order chi connectivity index (χ0) is 31.5. The highest BCUT2D eigenvalue weighted by atomic mass is 16.3. The molecule has 2 aliphatic carbocycles. The van der Waals surface area contributed by atoms with E-state index in [-0.39, 0.29) is 23.0 Å². The lowest BCUT2D eigenvalue weighted by Gasteiger charge is -2.37. The predicted molar refractivity (Wildman–Crippen MR) is 184 cm³/mol. The van der Waals surface area contributed by atoms with Gasteiger partial charge in [-0.25, -0.2) is 0 Å². The average molecular weight is 569 g/mol. The standard InChI is InChI=1S/C40H56O2/c1-29(17-13-19-31(3)21-25-35-33(5)23-27-37(41)39(35,7)8)15-11-12-16-30(2)18-14-20-32(4)22-26-36-34(6)24-28-38(42)40(36,9)10/h11-22,25-26,37-38,41-42H,23-24,27-28H2,1-10H3. The Balaban J connectivity index is 1.91. The van der Waals surface area contributed by atoms with Crippen LogP contribution in [0.5, 0.6) is 0 Å². The van der Waals surface area contributed by atoms with E-state index in [9.17, 15) is 10.2 Å². The van der Waals surface area contributed by atoms with Gasteiger partial charge in [-0.2, -0.15) is 0 Å². The van der Waals surface area contributed by atoms with Crippen molar-refractivity contribution in [3.05, 3.63) is 130 Å². The second-order valence-corrected chi connectivity index (χ2v) is 13.4. The molecular formula is C40H56O2. The number of hydrogen-bond acceptors (Lipinski definition) is 2. The van der Waals surface area contributed by atoms with Crippen molar-refractivity contribution < 1.29 is 10.2 Å². The number of allylic oxidation sites excluding steroid dienone is 20. The first-order valence-corrected chi connectivity index (χ1v) is 15.5. The van der Waals surface area contributed by atoms with Crippen molar-refractivity contribution >= 4 is 0 Å². The third-order valence-electron chi connectivity index (χ3n) is 8.85. The van der Waals surface area contributed by atoms with Gasteiger partial charge >= 0.3 is 0 Å². The third-order valence-corrected chi connectivity index (χ3v) is 8.85. The fraction of sp³-hybridized carbons (Fsp3) is 0.450. The predicted octanol–water partition coefficient (Wildman–Crippen LogP) is 10.5. The van der Waals surface area contributed by atoms with Gasteiger partial charge in [-0.05, 0) is 78.4 Å². The Hall–Kier alpha value is -2.94. The highest BCUT2D eigenvalue weighted by molar-refractivity contribution is 5.40. The molecule has 2 aliphatic rings. The molecule has 0 aromatic heterocycles. The van der Waals surface area contributed by atoms with Gasteiger partial charge in [0.05, 0.1) is 12.2 Å². The largest absolute Gasteiger partial charge is 0.392 e. The van der Waals surface area contributed by atoms with E-state index >= 15 is 0 Å². The summed E-state index contributed by atoms with van der Waals surface area (Å²) in [7, 11) is 0. The molecule has 0 aromatic rings. The monoisotopic (exact) mass is 568 g/mol. The molecule has 0 spiro atoms. The Morgan fingerprint density at radius 2 is 0.857 bits per heavy atom. The van der Waals surface area contributed by atoms with E-state index < -0.39 is 0 Å². The molecule has 42 heavy (non-hydrogen) atoms. The molecule has 0 saturated heterocycles. The molecule has 0 bridgehead atoms. The van der Waals surface area contributed by atoms with Crippen LogP contribution in [0, 0.1) is 10.8 Å². The van der Waals surface area contributed by atoms with Crippen LogP contribution in [0.25, 0.3) is 0 Å². The minimum absolute atomic E-state index is 0.203. The van der Waals surface area contributed by atoms with E-state index in [4.69, 9.17) is 0 Å². The molecule has 0 amide bonds. The Bertz CT molecular complexity index is 1190. The van der Waals surface area contributed by atoms with E-state index in [0.29, 0.717) is 0 Å². The van der Waals surface area contributed by atoms with Gasteiger partial charge in [0.2, 0.25) is 0 Å². The van der Waals surface area contributed by atoms with Crippen LogP contribution in [0.3, 0.4) is 0 Å². The maximum Gasteiger partial charge on any atom is 0.0634 e. The topological polar surface area (TPSA) is 40.5 Å². The lowest BCUT2D eigenvalue weighted by atomic mass is 9.70. The number of hydrogen-bond donors (Lipinski definition) is 2. The summed E-state index contributed by atoms with van der Waals surface area (Å²) in [5.74, 6) is 0. The van der Waals surface area contributed by atoms with Gasteiger partial charge in [-0.15, -0.1) is 0 Å². The molecular weight excluding hydrogens is 512 g/mol. The van der Waals surface area contributed by atoms with E-state index in [1.54, 1.807) is 0 Å². The molecule has 0 radical (unpaired) electrons. The number of aliphatic hydroxyl groups is 2. The summed E-state index contributed by atoms with van der Waals surface area (Å²) in [5, 5.41) is 20.9.